The van der Waals surface area contributed by atoms with Crippen molar-refractivity contribution in [2.45, 2.75) is 19.3 Å². The molecule has 0 radical (unpaired) electrons. The fraction of sp³-hybridized carbons (Fsp3) is 0.364. The number of nitrogens with zero attached hydrogens (tertiary/aromatic N) is 1. The van der Waals surface area contributed by atoms with E-state index in [1.165, 1.54) is 12.4 Å². The molecule has 1 heterocycles. The highest BCUT2D eigenvalue weighted by Gasteiger charge is 1.98. The van der Waals surface area contributed by atoms with Crippen molar-refractivity contribution in [1.82, 2.24) is 15.3 Å². The highest BCUT2D eigenvalue weighted by molar-refractivity contribution is 5.91. The molecule has 1 amide bonds. The summed E-state index contributed by atoms with van der Waals surface area (Å²) in [5, 5.41) is 11.1. The summed E-state index contributed by atoms with van der Waals surface area (Å²) in [6, 6.07) is 0. The summed E-state index contributed by atoms with van der Waals surface area (Å²) in [4.78, 5) is 28.2. The molecule has 0 aliphatic carbocycles. The molecule has 6 nitrogen and oxygen atoms in total. The number of aromatic amines is 1. The molecule has 6 heteroatoms. The SMILES string of the molecule is O=C(O)CCCCNC(=O)C=Cc1cnc[nH]1. The summed E-state index contributed by atoms with van der Waals surface area (Å²) in [7, 11) is 0. The maximum atomic E-state index is 11.3. The number of carboxylic acids is 1. The van der Waals surface area contributed by atoms with Gasteiger partial charge in [-0.3, -0.25) is 9.59 Å². The number of carboxylic acid groups (broad SMARTS) is 1. The monoisotopic (exact) mass is 237 g/mol. The summed E-state index contributed by atoms with van der Waals surface area (Å²) >= 11 is 0. The Morgan fingerprint density at radius 3 is 2.94 bits per heavy atom. The molecule has 0 unspecified atom stereocenters. The van der Waals surface area contributed by atoms with E-state index >= 15 is 0 Å². The zero-order valence-electron chi connectivity index (χ0n) is 9.35. The third-order valence-corrected chi connectivity index (χ3v) is 2.05. The number of hydrogen-bond donors (Lipinski definition) is 3. The Balaban J connectivity index is 2.11. The smallest absolute Gasteiger partial charge is 0.303 e. The van der Waals surface area contributed by atoms with Crippen molar-refractivity contribution in [1.29, 1.82) is 0 Å². The van der Waals surface area contributed by atoms with Gasteiger partial charge in [-0.05, 0) is 18.9 Å². The van der Waals surface area contributed by atoms with Gasteiger partial charge in [0, 0.05) is 19.0 Å². The molecule has 0 bridgehead atoms. The minimum absolute atomic E-state index is 0.139. The van der Waals surface area contributed by atoms with Crippen LogP contribution in [-0.4, -0.2) is 33.5 Å². The summed E-state index contributed by atoms with van der Waals surface area (Å²) < 4.78 is 0. The number of imidazole rings is 1. The lowest BCUT2D eigenvalue weighted by Crippen LogP contribution is -2.22. The second-order valence-electron chi connectivity index (χ2n) is 3.48. The van der Waals surface area contributed by atoms with E-state index in [-0.39, 0.29) is 12.3 Å². The number of carbonyl (C=O) groups is 2. The Bertz CT molecular complexity index is 385. The van der Waals surface area contributed by atoms with Crippen molar-refractivity contribution < 1.29 is 14.7 Å². The Morgan fingerprint density at radius 1 is 1.47 bits per heavy atom. The Kier molecular flexibility index (Phi) is 5.50. The van der Waals surface area contributed by atoms with Crippen LogP contribution in [0.25, 0.3) is 6.08 Å². The maximum Gasteiger partial charge on any atom is 0.303 e. The normalized spacial score (nSPS) is 10.6. The first-order chi connectivity index (χ1) is 8.18. The maximum absolute atomic E-state index is 11.3. The quantitative estimate of drug-likeness (QED) is 0.482. The first-order valence-electron chi connectivity index (χ1n) is 5.34. The number of aliphatic carboxylic acids is 1. The standard InChI is InChI=1S/C11H15N3O3/c15-10(5-4-9-7-12-8-14-9)13-6-2-1-3-11(16)17/h4-5,7-8H,1-3,6H2,(H,12,14)(H,13,15)(H,16,17). The van der Waals surface area contributed by atoms with Gasteiger partial charge in [0.1, 0.15) is 0 Å². The highest BCUT2D eigenvalue weighted by atomic mass is 16.4. The van der Waals surface area contributed by atoms with Crippen molar-refractivity contribution in [3.8, 4) is 0 Å². The number of unbranched alkanes of at least 4 members (excludes halogenated alkanes) is 1. The third kappa shape index (κ3) is 6.14. The molecular weight excluding hydrogens is 222 g/mol. The molecule has 0 saturated heterocycles. The number of carbonyl (C=O) groups excluding carboxylic acids is 1. The van der Waals surface area contributed by atoms with Gasteiger partial charge in [-0.25, -0.2) is 4.98 Å². The number of aromatic nitrogens is 2. The molecule has 17 heavy (non-hydrogen) atoms. The molecule has 0 aliphatic heterocycles. The lowest BCUT2D eigenvalue weighted by molar-refractivity contribution is -0.137. The van der Waals surface area contributed by atoms with Crippen molar-refractivity contribution in [3.05, 3.63) is 24.3 Å². The topological polar surface area (TPSA) is 95.1 Å². The number of amides is 1. The fourth-order valence-corrected chi connectivity index (χ4v) is 1.19. The van der Waals surface area contributed by atoms with Gasteiger partial charge in [0.25, 0.3) is 0 Å². The van der Waals surface area contributed by atoms with Crippen LogP contribution in [0, 0.1) is 0 Å². The zero-order chi connectivity index (χ0) is 12.5. The Labute approximate surface area is 98.8 Å². The average Bonchev–Trinajstić information content (AvgIpc) is 2.78. The highest BCUT2D eigenvalue weighted by Crippen LogP contribution is 1.95. The minimum Gasteiger partial charge on any atom is -0.481 e. The van der Waals surface area contributed by atoms with E-state index in [1.54, 1.807) is 12.3 Å². The fourth-order valence-electron chi connectivity index (χ4n) is 1.19. The summed E-state index contributed by atoms with van der Waals surface area (Å²) in [5.74, 6) is -1.01. The molecule has 0 spiro atoms. The second-order valence-corrected chi connectivity index (χ2v) is 3.48. The van der Waals surface area contributed by atoms with Crippen LogP contribution in [0.15, 0.2) is 18.6 Å². The predicted molar refractivity (Wildman–Crippen MR) is 62.1 cm³/mol. The van der Waals surface area contributed by atoms with Crippen molar-refractivity contribution >= 4 is 18.0 Å². The van der Waals surface area contributed by atoms with Gasteiger partial charge in [-0.2, -0.15) is 0 Å². The van der Waals surface area contributed by atoms with Crippen LogP contribution in [0.3, 0.4) is 0 Å². The van der Waals surface area contributed by atoms with Gasteiger partial charge in [0.15, 0.2) is 0 Å². The predicted octanol–water partition coefficient (Wildman–Crippen LogP) is 0.794. The number of nitrogens with one attached hydrogen (secondary N) is 2. The van der Waals surface area contributed by atoms with Crippen molar-refractivity contribution in [3.63, 3.8) is 0 Å². The van der Waals surface area contributed by atoms with Crippen LogP contribution in [-0.2, 0) is 9.59 Å². The first-order valence-corrected chi connectivity index (χ1v) is 5.34. The van der Waals surface area contributed by atoms with E-state index in [9.17, 15) is 9.59 Å². The zero-order valence-corrected chi connectivity index (χ0v) is 9.35. The lowest BCUT2D eigenvalue weighted by Gasteiger charge is -2.00. The minimum atomic E-state index is -0.810. The van der Waals surface area contributed by atoms with Crippen LogP contribution in [0.1, 0.15) is 25.0 Å². The molecule has 1 rings (SSSR count). The largest absolute Gasteiger partial charge is 0.481 e. The van der Waals surface area contributed by atoms with E-state index < -0.39 is 5.97 Å². The van der Waals surface area contributed by atoms with Gasteiger partial charge in [-0.15, -0.1) is 0 Å². The first kappa shape index (κ1) is 13.0. The van der Waals surface area contributed by atoms with E-state index in [0.717, 1.165) is 5.69 Å². The Morgan fingerprint density at radius 2 is 2.29 bits per heavy atom. The summed E-state index contributed by atoms with van der Waals surface area (Å²) in [6.45, 7) is 0.486. The van der Waals surface area contributed by atoms with Gasteiger partial charge in [0.05, 0.1) is 18.2 Å². The second kappa shape index (κ2) is 7.21. The van der Waals surface area contributed by atoms with E-state index in [1.807, 2.05) is 0 Å². The summed E-state index contributed by atoms with van der Waals surface area (Å²) in [6.07, 6.45) is 7.54. The molecule has 0 aromatic carbocycles. The average molecular weight is 237 g/mol. The molecule has 0 fully saturated rings. The molecule has 92 valence electrons. The molecule has 0 aliphatic rings. The molecule has 3 N–H and O–H groups in total. The van der Waals surface area contributed by atoms with Crippen LogP contribution >= 0.6 is 0 Å². The van der Waals surface area contributed by atoms with Crippen LogP contribution in [0.4, 0.5) is 0 Å². The molecular formula is C11H15N3O3. The van der Waals surface area contributed by atoms with Crippen molar-refractivity contribution in [2.75, 3.05) is 6.54 Å². The molecule has 0 saturated carbocycles. The van der Waals surface area contributed by atoms with E-state index in [0.29, 0.717) is 19.4 Å². The van der Waals surface area contributed by atoms with Crippen LogP contribution in [0.2, 0.25) is 0 Å². The number of hydrogen-bond acceptors (Lipinski definition) is 3. The van der Waals surface area contributed by atoms with Crippen molar-refractivity contribution in [2.24, 2.45) is 0 Å². The molecule has 1 aromatic heterocycles. The van der Waals surface area contributed by atoms with Gasteiger partial charge < -0.3 is 15.4 Å². The van der Waals surface area contributed by atoms with Crippen LogP contribution in [0.5, 0.6) is 0 Å². The van der Waals surface area contributed by atoms with Crippen LogP contribution < -0.4 is 5.32 Å². The van der Waals surface area contributed by atoms with Gasteiger partial charge in [-0.1, -0.05) is 0 Å². The number of H-pyrrole nitrogens is 1. The molecule has 1 aromatic rings. The van der Waals surface area contributed by atoms with E-state index in [2.05, 4.69) is 15.3 Å². The Hall–Kier alpha value is -2.11. The van der Waals surface area contributed by atoms with Gasteiger partial charge >= 0.3 is 5.97 Å². The summed E-state index contributed by atoms with van der Waals surface area (Å²) in [5.41, 5.74) is 0.756. The number of rotatable bonds is 7. The van der Waals surface area contributed by atoms with Gasteiger partial charge in [0.2, 0.25) is 5.91 Å². The van der Waals surface area contributed by atoms with E-state index in [4.69, 9.17) is 5.11 Å². The third-order valence-electron chi connectivity index (χ3n) is 2.05. The molecule has 0 atom stereocenters. The lowest BCUT2D eigenvalue weighted by atomic mass is 10.2.